The number of aliphatic hydroxyl groups excluding tert-OH is 1. The summed E-state index contributed by atoms with van der Waals surface area (Å²) in [6.07, 6.45) is 63.4. The zero-order valence-electron chi connectivity index (χ0n) is 49.2. The molecule has 0 rings (SSSR count). The number of esters is 3. The SMILES string of the molecule is CC/C=C\C/C=C\C/C=C\CCCCCCCCCC(=O)OCC(COP(=O)(O)OCC(CO)OC(=O)CCCCCCC/C=C\CCCCCCCC)OC(=O)CCCCCCCCCCCCCCCCCCC. The lowest BCUT2D eigenvalue weighted by molar-refractivity contribution is -0.161. The molecule has 0 fully saturated rings. The van der Waals surface area contributed by atoms with Gasteiger partial charge in [0.05, 0.1) is 19.8 Å². The molecule has 0 saturated heterocycles. The molecule has 0 spiro atoms. The molecule has 76 heavy (non-hydrogen) atoms. The number of phosphoric ester groups is 1. The van der Waals surface area contributed by atoms with Crippen molar-refractivity contribution in [2.45, 2.75) is 315 Å². The van der Waals surface area contributed by atoms with E-state index in [4.69, 9.17) is 23.3 Å². The van der Waals surface area contributed by atoms with Gasteiger partial charge in [-0.1, -0.05) is 256 Å². The number of hydrogen-bond donors (Lipinski definition) is 2. The Kier molecular flexibility index (Phi) is 56.6. The predicted octanol–water partition coefficient (Wildman–Crippen LogP) is 18.9. The van der Waals surface area contributed by atoms with E-state index in [-0.39, 0.29) is 25.9 Å². The second kappa shape index (κ2) is 58.6. The van der Waals surface area contributed by atoms with Crippen LogP contribution in [0.15, 0.2) is 48.6 Å². The molecule has 0 saturated carbocycles. The van der Waals surface area contributed by atoms with Crippen molar-refractivity contribution in [3.63, 3.8) is 0 Å². The topological polar surface area (TPSA) is 155 Å². The van der Waals surface area contributed by atoms with Crippen molar-refractivity contribution in [1.82, 2.24) is 0 Å². The van der Waals surface area contributed by atoms with Crippen molar-refractivity contribution in [2.75, 3.05) is 26.4 Å². The maximum atomic E-state index is 12.9. The van der Waals surface area contributed by atoms with Gasteiger partial charge in [0.25, 0.3) is 0 Å². The number of aliphatic hydroxyl groups is 1. The first-order chi connectivity index (χ1) is 37.2. The van der Waals surface area contributed by atoms with E-state index in [1.807, 2.05) is 0 Å². The van der Waals surface area contributed by atoms with Crippen LogP contribution in [0.1, 0.15) is 303 Å². The van der Waals surface area contributed by atoms with Crippen LogP contribution >= 0.6 is 7.82 Å². The fraction of sp³-hybridized carbons (Fsp3) is 0.828. The molecule has 0 bridgehead atoms. The number of ether oxygens (including phenoxy) is 3. The number of carbonyl (C=O) groups excluding carboxylic acids is 3. The van der Waals surface area contributed by atoms with Crippen molar-refractivity contribution < 1.29 is 52.2 Å². The largest absolute Gasteiger partial charge is 0.472 e. The summed E-state index contributed by atoms with van der Waals surface area (Å²) in [7, 11) is -4.75. The summed E-state index contributed by atoms with van der Waals surface area (Å²) in [5.41, 5.74) is 0. The van der Waals surface area contributed by atoms with E-state index >= 15 is 0 Å². The molecule has 3 unspecified atom stereocenters. The van der Waals surface area contributed by atoms with Gasteiger partial charge < -0.3 is 24.2 Å². The van der Waals surface area contributed by atoms with E-state index in [0.29, 0.717) is 19.3 Å². The Balaban J connectivity index is 4.69. The Hall–Kier alpha value is -2.56. The van der Waals surface area contributed by atoms with Gasteiger partial charge in [-0.15, -0.1) is 0 Å². The van der Waals surface area contributed by atoms with Crippen molar-refractivity contribution in [3.05, 3.63) is 48.6 Å². The third-order valence-corrected chi connectivity index (χ3v) is 14.7. The Labute approximate surface area is 466 Å². The average Bonchev–Trinajstić information content (AvgIpc) is 3.41. The third-order valence-electron chi connectivity index (χ3n) is 13.7. The number of allylic oxidation sites excluding steroid dienone is 8. The summed E-state index contributed by atoms with van der Waals surface area (Å²) < 4.78 is 39.7. The maximum absolute atomic E-state index is 12.9. The van der Waals surface area contributed by atoms with Gasteiger partial charge in [-0.25, -0.2) is 4.57 Å². The van der Waals surface area contributed by atoms with Crippen LogP contribution < -0.4 is 0 Å². The molecule has 0 aliphatic carbocycles. The molecular weight excluding hydrogens is 976 g/mol. The summed E-state index contributed by atoms with van der Waals surface area (Å²) in [4.78, 5) is 48.7. The molecule has 0 amide bonds. The average molecular weight is 1090 g/mol. The van der Waals surface area contributed by atoms with Gasteiger partial charge in [0.1, 0.15) is 12.7 Å². The number of unbranched alkanes of at least 4 members (excludes halogenated alkanes) is 34. The van der Waals surface area contributed by atoms with Gasteiger partial charge in [0.2, 0.25) is 0 Å². The molecule has 0 aromatic rings. The summed E-state index contributed by atoms with van der Waals surface area (Å²) in [5, 5.41) is 9.84. The fourth-order valence-electron chi connectivity index (χ4n) is 8.96. The number of carbonyl (C=O) groups is 3. The normalized spacial score (nSPS) is 13.6. The Morgan fingerprint density at radius 2 is 0.684 bits per heavy atom. The molecule has 0 radical (unpaired) electrons. The van der Waals surface area contributed by atoms with Crippen molar-refractivity contribution in [2.24, 2.45) is 0 Å². The fourth-order valence-corrected chi connectivity index (χ4v) is 9.74. The first kappa shape index (κ1) is 73.4. The van der Waals surface area contributed by atoms with E-state index in [2.05, 4.69) is 69.4 Å². The van der Waals surface area contributed by atoms with Gasteiger partial charge >= 0.3 is 25.7 Å². The molecule has 11 nitrogen and oxygen atoms in total. The van der Waals surface area contributed by atoms with Crippen molar-refractivity contribution in [3.8, 4) is 0 Å². The first-order valence-corrected chi connectivity index (χ1v) is 33.0. The van der Waals surface area contributed by atoms with Gasteiger partial charge in [-0.3, -0.25) is 23.4 Å². The van der Waals surface area contributed by atoms with Crippen LogP contribution in [0.25, 0.3) is 0 Å². The molecule has 444 valence electrons. The number of hydrogen-bond acceptors (Lipinski definition) is 10. The van der Waals surface area contributed by atoms with Crippen LogP contribution in [0.4, 0.5) is 0 Å². The summed E-state index contributed by atoms with van der Waals surface area (Å²) in [5.74, 6) is -1.46. The second-order valence-electron chi connectivity index (χ2n) is 21.2. The standard InChI is InChI=1S/C64H117O11P/c1-4-7-10-13-16-19-22-25-28-30-33-35-38-41-44-47-50-53-62(66)71-57-61(75-64(68)55-52-49-46-43-40-37-34-31-29-26-23-20-17-14-11-8-5-2)59-73-76(69,70)72-58-60(56-65)74-63(67)54-51-48-45-42-39-36-32-27-24-21-18-15-12-9-6-3/h7,10,16,19,25,27-28,32,60-61,65H,4-6,8-9,11-15,17-18,20-24,26,29-31,33-59H2,1-3H3,(H,69,70)/b10-7-,19-16-,28-25-,32-27-. The second-order valence-corrected chi connectivity index (χ2v) is 22.7. The van der Waals surface area contributed by atoms with E-state index in [1.54, 1.807) is 0 Å². The molecule has 0 aromatic heterocycles. The van der Waals surface area contributed by atoms with Crippen LogP contribution in [-0.4, -0.2) is 66.5 Å². The predicted molar refractivity (Wildman–Crippen MR) is 316 cm³/mol. The van der Waals surface area contributed by atoms with Crippen LogP contribution in [0.3, 0.4) is 0 Å². The molecule has 12 heteroatoms. The zero-order valence-corrected chi connectivity index (χ0v) is 50.1. The minimum absolute atomic E-state index is 0.169. The van der Waals surface area contributed by atoms with E-state index < -0.39 is 57.8 Å². The minimum atomic E-state index is -4.75. The molecular formula is C64H117O11P. The molecule has 2 N–H and O–H groups in total. The monoisotopic (exact) mass is 1090 g/mol. The van der Waals surface area contributed by atoms with Crippen LogP contribution in [0.2, 0.25) is 0 Å². The third kappa shape index (κ3) is 56.2. The van der Waals surface area contributed by atoms with Crippen molar-refractivity contribution in [1.29, 1.82) is 0 Å². The first-order valence-electron chi connectivity index (χ1n) is 31.5. The van der Waals surface area contributed by atoms with E-state index in [1.165, 1.54) is 135 Å². The highest BCUT2D eigenvalue weighted by Crippen LogP contribution is 2.43. The Bertz CT molecular complexity index is 1460. The van der Waals surface area contributed by atoms with Crippen molar-refractivity contribution >= 4 is 25.7 Å². The van der Waals surface area contributed by atoms with E-state index in [9.17, 15) is 28.9 Å². The van der Waals surface area contributed by atoms with E-state index in [0.717, 1.165) is 109 Å². The smallest absolute Gasteiger partial charge is 0.462 e. The van der Waals surface area contributed by atoms with Crippen LogP contribution in [0, 0.1) is 0 Å². The molecule has 0 aromatic carbocycles. The van der Waals surface area contributed by atoms with Gasteiger partial charge in [0, 0.05) is 19.3 Å². The van der Waals surface area contributed by atoms with Gasteiger partial charge in [0.15, 0.2) is 6.10 Å². The van der Waals surface area contributed by atoms with Gasteiger partial charge in [-0.2, -0.15) is 0 Å². The summed E-state index contributed by atoms with van der Waals surface area (Å²) in [6, 6.07) is 0. The quantitative estimate of drug-likeness (QED) is 0.0197. The zero-order chi connectivity index (χ0) is 55.5. The lowest BCUT2D eigenvalue weighted by Crippen LogP contribution is -2.30. The molecule has 0 aliphatic heterocycles. The molecule has 3 atom stereocenters. The molecule has 0 heterocycles. The molecule has 0 aliphatic rings. The lowest BCUT2D eigenvalue weighted by Gasteiger charge is -2.21. The number of rotatable bonds is 59. The summed E-state index contributed by atoms with van der Waals surface area (Å²) in [6.45, 7) is 4.57. The lowest BCUT2D eigenvalue weighted by atomic mass is 10.0. The maximum Gasteiger partial charge on any atom is 0.472 e. The van der Waals surface area contributed by atoms with Gasteiger partial charge in [-0.05, 0) is 77.0 Å². The Morgan fingerprint density at radius 1 is 0.382 bits per heavy atom. The summed E-state index contributed by atoms with van der Waals surface area (Å²) >= 11 is 0. The van der Waals surface area contributed by atoms with Crippen LogP contribution in [0.5, 0.6) is 0 Å². The van der Waals surface area contributed by atoms with Crippen LogP contribution in [-0.2, 0) is 42.2 Å². The number of phosphoric acid groups is 1. The highest BCUT2D eigenvalue weighted by atomic mass is 31.2. The highest BCUT2D eigenvalue weighted by molar-refractivity contribution is 7.47. The minimum Gasteiger partial charge on any atom is -0.462 e. The highest BCUT2D eigenvalue weighted by Gasteiger charge is 2.28. The Morgan fingerprint density at radius 3 is 1.07 bits per heavy atom.